The molecule has 21 heavy (non-hydrogen) atoms. The topological polar surface area (TPSA) is 37.3 Å². The Bertz CT molecular complexity index is 727. The summed E-state index contributed by atoms with van der Waals surface area (Å²) in [5, 5.41) is 9.76. The van der Waals surface area contributed by atoms with E-state index in [0.717, 1.165) is 6.07 Å². The highest BCUT2D eigenvalue weighted by Gasteiger charge is 2.28. The molecule has 110 valence electrons. The van der Waals surface area contributed by atoms with Crippen LogP contribution in [0.15, 0.2) is 12.1 Å². The predicted molar refractivity (Wildman–Crippen MR) is 63.5 cm³/mol. The van der Waals surface area contributed by atoms with Crippen LogP contribution in [-0.2, 0) is 0 Å². The molecule has 0 spiro atoms. The second-order valence-corrected chi connectivity index (χ2v) is 4.31. The summed E-state index contributed by atoms with van der Waals surface area (Å²) < 4.78 is 66.8. The molecule has 2 rings (SSSR count). The summed E-state index contributed by atoms with van der Waals surface area (Å²) >= 11 is 0. The molecule has 1 N–H and O–H groups in total. The van der Waals surface area contributed by atoms with Crippen LogP contribution in [0.1, 0.15) is 15.9 Å². The largest absolute Gasteiger partial charge is 0.507 e. The molecule has 7 heteroatoms. The van der Waals surface area contributed by atoms with Gasteiger partial charge in [0.25, 0.3) is 0 Å². The van der Waals surface area contributed by atoms with E-state index in [1.165, 1.54) is 13.0 Å². The average Bonchev–Trinajstić information content (AvgIpc) is 2.46. The van der Waals surface area contributed by atoms with Crippen LogP contribution in [0.4, 0.5) is 22.0 Å². The zero-order valence-corrected chi connectivity index (χ0v) is 10.5. The number of rotatable bonds is 2. The van der Waals surface area contributed by atoms with E-state index in [1.807, 2.05) is 0 Å². The molecule has 2 aromatic rings. The fourth-order valence-corrected chi connectivity index (χ4v) is 1.93. The van der Waals surface area contributed by atoms with Crippen molar-refractivity contribution in [3.05, 3.63) is 52.3 Å². The average molecular weight is 302 g/mol. The Morgan fingerprint density at radius 3 is 1.86 bits per heavy atom. The summed E-state index contributed by atoms with van der Waals surface area (Å²) in [5.41, 5.74) is -1.96. The number of hydrogen-bond acceptors (Lipinski definition) is 2. The van der Waals surface area contributed by atoms with Crippen molar-refractivity contribution in [3.63, 3.8) is 0 Å². The predicted octanol–water partition coefficient (Wildman–Crippen LogP) is 3.88. The van der Waals surface area contributed by atoms with Crippen molar-refractivity contribution in [2.45, 2.75) is 6.92 Å². The number of hydrogen-bond donors (Lipinski definition) is 1. The van der Waals surface area contributed by atoms with Crippen LogP contribution in [0.3, 0.4) is 0 Å². The van der Waals surface area contributed by atoms with Gasteiger partial charge < -0.3 is 5.11 Å². The molecule has 0 heterocycles. The van der Waals surface area contributed by atoms with Crippen LogP contribution in [-0.4, -0.2) is 11.4 Å². The van der Waals surface area contributed by atoms with Crippen LogP contribution in [0.5, 0.6) is 5.75 Å². The van der Waals surface area contributed by atoms with Crippen LogP contribution >= 0.6 is 0 Å². The summed E-state index contributed by atoms with van der Waals surface area (Å²) in [6.45, 7) is 1.43. The lowest BCUT2D eigenvalue weighted by molar-refractivity contribution is 0.112. The fraction of sp³-hybridized carbons (Fsp3) is 0.0714. The number of aldehydes is 1. The molecule has 0 amide bonds. The summed E-state index contributed by atoms with van der Waals surface area (Å²) in [6.07, 6.45) is 0.206. The number of benzene rings is 2. The third-order valence-electron chi connectivity index (χ3n) is 2.89. The van der Waals surface area contributed by atoms with E-state index in [0.29, 0.717) is 5.56 Å². The Balaban J connectivity index is 2.92. The van der Waals surface area contributed by atoms with Gasteiger partial charge >= 0.3 is 0 Å². The summed E-state index contributed by atoms with van der Waals surface area (Å²) in [7, 11) is 0. The van der Waals surface area contributed by atoms with Gasteiger partial charge in [0.1, 0.15) is 5.75 Å². The first-order chi connectivity index (χ1) is 9.79. The number of carbonyl (C=O) groups excluding carboxylic acids is 1. The Kier molecular flexibility index (Phi) is 3.67. The highest BCUT2D eigenvalue weighted by Crippen LogP contribution is 2.38. The lowest BCUT2D eigenvalue weighted by Crippen LogP contribution is -2.04. The van der Waals surface area contributed by atoms with Gasteiger partial charge in [0.05, 0.1) is 11.1 Å². The van der Waals surface area contributed by atoms with E-state index in [4.69, 9.17) is 0 Å². The Labute approximate surface area is 115 Å². The highest BCUT2D eigenvalue weighted by atomic mass is 19.2. The van der Waals surface area contributed by atoms with Gasteiger partial charge in [-0.2, -0.15) is 0 Å². The highest BCUT2D eigenvalue weighted by molar-refractivity contribution is 5.86. The van der Waals surface area contributed by atoms with Gasteiger partial charge in [-0.05, 0) is 24.6 Å². The molecule has 0 saturated heterocycles. The van der Waals surface area contributed by atoms with Crippen molar-refractivity contribution in [1.82, 2.24) is 0 Å². The van der Waals surface area contributed by atoms with Crippen molar-refractivity contribution in [2.75, 3.05) is 0 Å². The first-order valence-electron chi connectivity index (χ1n) is 5.60. The summed E-state index contributed by atoms with van der Waals surface area (Å²) in [6, 6.07) is 2.22. The minimum absolute atomic E-state index is 0.206. The second-order valence-electron chi connectivity index (χ2n) is 4.31. The Hall–Kier alpha value is -2.44. The fourth-order valence-electron chi connectivity index (χ4n) is 1.93. The number of phenols is 1. The van der Waals surface area contributed by atoms with E-state index in [2.05, 4.69) is 0 Å². The SMILES string of the molecule is Cc1cc(C=O)c(O)c(-c2c(F)c(F)c(F)c(F)c2F)c1. The standard InChI is InChI=1S/C14H7F5O2/c1-5-2-6(4-20)14(21)7(3-5)8-9(15)11(17)13(19)12(18)10(8)16/h2-4,21H,1H3. The van der Waals surface area contributed by atoms with Crippen LogP contribution in [0.25, 0.3) is 11.1 Å². The number of halogens is 5. The minimum Gasteiger partial charge on any atom is -0.507 e. The molecule has 0 unspecified atom stereocenters. The maximum atomic E-state index is 13.7. The van der Waals surface area contributed by atoms with Gasteiger partial charge in [-0.1, -0.05) is 0 Å². The molecule has 0 aromatic heterocycles. The third kappa shape index (κ3) is 2.24. The van der Waals surface area contributed by atoms with Crippen LogP contribution in [0.2, 0.25) is 0 Å². The third-order valence-corrected chi connectivity index (χ3v) is 2.89. The van der Waals surface area contributed by atoms with E-state index < -0.39 is 46.0 Å². The second kappa shape index (κ2) is 5.16. The van der Waals surface area contributed by atoms with Crippen molar-refractivity contribution >= 4 is 6.29 Å². The molecule has 0 bridgehead atoms. The molecule has 2 aromatic carbocycles. The molecule has 0 aliphatic rings. The van der Waals surface area contributed by atoms with Gasteiger partial charge in [0.15, 0.2) is 29.6 Å². The molecule has 0 aliphatic carbocycles. The molecule has 0 aliphatic heterocycles. The van der Waals surface area contributed by atoms with Crippen LogP contribution in [0, 0.1) is 36.0 Å². The Morgan fingerprint density at radius 1 is 0.905 bits per heavy atom. The molecule has 0 saturated carbocycles. The van der Waals surface area contributed by atoms with E-state index in [1.54, 1.807) is 0 Å². The van der Waals surface area contributed by atoms with Gasteiger partial charge in [-0.3, -0.25) is 4.79 Å². The zero-order valence-electron chi connectivity index (χ0n) is 10.5. The van der Waals surface area contributed by atoms with Crippen molar-refractivity contribution < 1.29 is 31.9 Å². The molecule has 2 nitrogen and oxygen atoms in total. The number of phenolic OH excluding ortho intramolecular Hbond substituents is 1. The molecule has 0 atom stereocenters. The Morgan fingerprint density at radius 2 is 1.38 bits per heavy atom. The maximum absolute atomic E-state index is 13.7. The first-order valence-corrected chi connectivity index (χ1v) is 5.60. The van der Waals surface area contributed by atoms with E-state index in [9.17, 15) is 31.9 Å². The lowest BCUT2D eigenvalue weighted by Gasteiger charge is -2.12. The molecule has 0 radical (unpaired) electrons. The first kappa shape index (κ1) is 15.0. The zero-order chi connectivity index (χ0) is 15.9. The van der Waals surface area contributed by atoms with Gasteiger partial charge in [-0.15, -0.1) is 0 Å². The summed E-state index contributed by atoms with van der Waals surface area (Å²) in [4.78, 5) is 10.8. The lowest BCUT2D eigenvalue weighted by atomic mass is 9.97. The quantitative estimate of drug-likeness (QED) is 0.396. The van der Waals surface area contributed by atoms with Crippen molar-refractivity contribution in [1.29, 1.82) is 0 Å². The number of carbonyl (C=O) groups is 1. The molecular formula is C14H7F5O2. The number of aromatic hydroxyl groups is 1. The van der Waals surface area contributed by atoms with Crippen LogP contribution < -0.4 is 0 Å². The van der Waals surface area contributed by atoms with Crippen molar-refractivity contribution in [2.24, 2.45) is 0 Å². The van der Waals surface area contributed by atoms with E-state index in [-0.39, 0.29) is 11.8 Å². The number of aryl methyl sites for hydroxylation is 1. The van der Waals surface area contributed by atoms with Gasteiger partial charge in [-0.25, -0.2) is 22.0 Å². The van der Waals surface area contributed by atoms with Crippen molar-refractivity contribution in [3.8, 4) is 16.9 Å². The smallest absolute Gasteiger partial charge is 0.200 e. The van der Waals surface area contributed by atoms with Gasteiger partial charge in [0.2, 0.25) is 5.82 Å². The van der Waals surface area contributed by atoms with Gasteiger partial charge in [0, 0.05) is 5.56 Å². The summed E-state index contributed by atoms with van der Waals surface area (Å²) in [5.74, 6) is -11.6. The molecular weight excluding hydrogens is 295 g/mol. The minimum atomic E-state index is -2.29. The normalized spacial score (nSPS) is 10.8. The monoisotopic (exact) mass is 302 g/mol. The van der Waals surface area contributed by atoms with E-state index >= 15 is 0 Å². The molecule has 0 fully saturated rings. The maximum Gasteiger partial charge on any atom is 0.200 e.